The molecular formula is C17H22N2S. The van der Waals surface area contributed by atoms with E-state index >= 15 is 0 Å². The van der Waals surface area contributed by atoms with Crippen LogP contribution < -0.4 is 5.73 Å². The van der Waals surface area contributed by atoms with Crippen molar-refractivity contribution in [1.82, 2.24) is 4.98 Å². The molecule has 2 N–H and O–H groups in total. The van der Waals surface area contributed by atoms with Crippen molar-refractivity contribution >= 4 is 27.2 Å². The van der Waals surface area contributed by atoms with Gasteiger partial charge in [0.2, 0.25) is 0 Å². The summed E-state index contributed by atoms with van der Waals surface area (Å²) in [5.41, 5.74) is 11.8. The summed E-state index contributed by atoms with van der Waals surface area (Å²) in [4.78, 5) is 7.79. The minimum Gasteiger partial charge on any atom is -0.398 e. The van der Waals surface area contributed by atoms with E-state index in [4.69, 9.17) is 10.7 Å². The van der Waals surface area contributed by atoms with Gasteiger partial charge in [0.15, 0.2) is 0 Å². The van der Waals surface area contributed by atoms with Crippen molar-refractivity contribution in [2.24, 2.45) is 0 Å². The molecule has 0 radical (unpaired) electrons. The number of aryl methyl sites for hydroxylation is 1. The minimum atomic E-state index is 0.571. The molecule has 2 heterocycles. The Bertz CT molecular complexity index is 686. The third-order valence-electron chi connectivity index (χ3n) is 5.19. The average molecular weight is 286 g/mol. The number of fused-ring (bicyclic) bond motifs is 4. The Hall–Kier alpha value is -1.09. The normalized spacial score (nSPS) is 25.5. The SMILES string of the molecule is CC1CCCc2c1nc1sc3c(c1c2N)C(C)CCC3. The number of aromatic nitrogens is 1. The van der Waals surface area contributed by atoms with Gasteiger partial charge in [-0.25, -0.2) is 4.98 Å². The molecule has 2 aliphatic carbocycles. The fourth-order valence-corrected chi connectivity index (χ4v) is 5.45. The Morgan fingerprint density at radius 2 is 1.85 bits per heavy atom. The predicted octanol–water partition coefficient (Wildman–Crippen LogP) is 4.76. The van der Waals surface area contributed by atoms with Gasteiger partial charge in [-0.05, 0) is 61.5 Å². The molecule has 2 unspecified atom stereocenters. The van der Waals surface area contributed by atoms with Crippen LogP contribution in [0.15, 0.2) is 0 Å². The molecule has 2 aliphatic rings. The maximum absolute atomic E-state index is 6.60. The van der Waals surface area contributed by atoms with Gasteiger partial charge >= 0.3 is 0 Å². The number of hydrogen-bond donors (Lipinski definition) is 1. The van der Waals surface area contributed by atoms with Crippen molar-refractivity contribution in [3.63, 3.8) is 0 Å². The molecule has 2 atom stereocenters. The zero-order valence-electron chi connectivity index (χ0n) is 12.3. The van der Waals surface area contributed by atoms with Gasteiger partial charge in [-0.15, -0.1) is 11.3 Å². The largest absolute Gasteiger partial charge is 0.398 e. The number of thiophene rings is 1. The second-order valence-electron chi connectivity index (χ2n) is 6.59. The molecule has 4 rings (SSSR count). The molecule has 0 aromatic carbocycles. The Labute approximate surface area is 124 Å². The molecule has 106 valence electrons. The van der Waals surface area contributed by atoms with E-state index in [1.165, 1.54) is 59.1 Å². The second-order valence-corrected chi connectivity index (χ2v) is 7.68. The number of rotatable bonds is 0. The highest BCUT2D eigenvalue weighted by atomic mass is 32.1. The maximum Gasteiger partial charge on any atom is 0.126 e. The van der Waals surface area contributed by atoms with Crippen LogP contribution in [0.4, 0.5) is 5.69 Å². The van der Waals surface area contributed by atoms with E-state index in [0.29, 0.717) is 11.8 Å². The molecule has 2 nitrogen and oxygen atoms in total. The Morgan fingerprint density at radius 3 is 2.70 bits per heavy atom. The van der Waals surface area contributed by atoms with E-state index in [-0.39, 0.29) is 0 Å². The highest BCUT2D eigenvalue weighted by Gasteiger charge is 2.28. The van der Waals surface area contributed by atoms with Crippen molar-refractivity contribution in [1.29, 1.82) is 0 Å². The Morgan fingerprint density at radius 1 is 1.10 bits per heavy atom. The van der Waals surface area contributed by atoms with Gasteiger partial charge in [-0.2, -0.15) is 0 Å². The van der Waals surface area contributed by atoms with Crippen molar-refractivity contribution in [3.05, 3.63) is 21.7 Å². The van der Waals surface area contributed by atoms with Gasteiger partial charge in [-0.1, -0.05) is 13.8 Å². The van der Waals surface area contributed by atoms with Gasteiger partial charge in [0, 0.05) is 16.0 Å². The number of hydrogen-bond acceptors (Lipinski definition) is 3. The number of nitrogen functional groups attached to an aromatic ring is 1. The average Bonchev–Trinajstić information content (AvgIpc) is 2.80. The third-order valence-corrected chi connectivity index (χ3v) is 6.35. The van der Waals surface area contributed by atoms with Crippen molar-refractivity contribution in [3.8, 4) is 0 Å². The summed E-state index contributed by atoms with van der Waals surface area (Å²) >= 11 is 1.90. The highest BCUT2D eigenvalue weighted by molar-refractivity contribution is 7.19. The van der Waals surface area contributed by atoms with Crippen LogP contribution in [0, 0.1) is 0 Å². The van der Waals surface area contributed by atoms with Gasteiger partial charge < -0.3 is 5.73 Å². The summed E-state index contributed by atoms with van der Waals surface area (Å²) in [5, 5.41) is 1.31. The molecule has 2 aromatic heterocycles. The summed E-state index contributed by atoms with van der Waals surface area (Å²) in [6.45, 7) is 4.65. The van der Waals surface area contributed by atoms with Crippen molar-refractivity contribution in [2.45, 2.75) is 64.2 Å². The topological polar surface area (TPSA) is 38.9 Å². The summed E-state index contributed by atoms with van der Waals surface area (Å²) in [6, 6.07) is 0. The lowest BCUT2D eigenvalue weighted by atomic mass is 9.83. The van der Waals surface area contributed by atoms with Gasteiger partial charge in [0.1, 0.15) is 4.83 Å². The van der Waals surface area contributed by atoms with Crippen molar-refractivity contribution in [2.75, 3.05) is 5.73 Å². The fourth-order valence-electron chi connectivity index (χ4n) is 4.09. The zero-order valence-corrected chi connectivity index (χ0v) is 13.1. The Kier molecular flexibility index (Phi) is 2.81. The summed E-state index contributed by atoms with van der Waals surface area (Å²) < 4.78 is 0. The molecule has 0 aliphatic heterocycles. The third kappa shape index (κ3) is 1.65. The number of pyridine rings is 1. The quantitative estimate of drug-likeness (QED) is 0.758. The summed E-state index contributed by atoms with van der Waals surface area (Å²) in [6.07, 6.45) is 7.47. The molecule has 0 fully saturated rings. The minimum absolute atomic E-state index is 0.571. The van der Waals surface area contributed by atoms with Crippen LogP contribution in [0.1, 0.15) is 73.1 Å². The van der Waals surface area contributed by atoms with Crippen molar-refractivity contribution < 1.29 is 0 Å². The first-order chi connectivity index (χ1) is 9.66. The van der Waals surface area contributed by atoms with Gasteiger partial charge in [0.05, 0.1) is 5.69 Å². The summed E-state index contributed by atoms with van der Waals surface area (Å²) in [5.74, 6) is 1.22. The fraction of sp³-hybridized carbons (Fsp3) is 0.588. The smallest absolute Gasteiger partial charge is 0.126 e. The lowest BCUT2D eigenvalue weighted by molar-refractivity contribution is 0.577. The lowest BCUT2D eigenvalue weighted by Crippen LogP contribution is -2.13. The van der Waals surface area contributed by atoms with E-state index < -0.39 is 0 Å². The molecule has 0 saturated carbocycles. The number of nitrogens with two attached hydrogens (primary N) is 1. The zero-order chi connectivity index (χ0) is 13.9. The molecular weight excluding hydrogens is 264 g/mol. The van der Waals surface area contributed by atoms with Crippen LogP contribution in [0.2, 0.25) is 0 Å². The molecule has 0 amide bonds. The molecule has 3 heteroatoms. The van der Waals surface area contributed by atoms with Crippen LogP contribution in [-0.4, -0.2) is 4.98 Å². The van der Waals surface area contributed by atoms with Gasteiger partial charge in [-0.3, -0.25) is 0 Å². The van der Waals surface area contributed by atoms with E-state index in [2.05, 4.69) is 13.8 Å². The lowest BCUT2D eigenvalue weighted by Gasteiger charge is -2.24. The van der Waals surface area contributed by atoms with E-state index in [1.54, 1.807) is 4.88 Å². The Balaban J connectivity index is 2.05. The first-order valence-electron chi connectivity index (χ1n) is 7.90. The molecule has 0 saturated heterocycles. The van der Waals surface area contributed by atoms with Gasteiger partial charge in [0.25, 0.3) is 0 Å². The predicted molar refractivity (Wildman–Crippen MR) is 86.7 cm³/mol. The highest BCUT2D eigenvalue weighted by Crippen LogP contribution is 2.46. The summed E-state index contributed by atoms with van der Waals surface area (Å²) in [7, 11) is 0. The van der Waals surface area contributed by atoms with E-state index in [1.807, 2.05) is 11.3 Å². The molecule has 0 spiro atoms. The molecule has 0 bridgehead atoms. The maximum atomic E-state index is 6.60. The van der Waals surface area contributed by atoms with Crippen LogP contribution >= 0.6 is 11.3 Å². The second kappa shape index (κ2) is 4.45. The first kappa shape index (κ1) is 12.6. The van der Waals surface area contributed by atoms with E-state index in [0.717, 1.165) is 12.1 Å². The van der Waals surface area contributed by atoms with Crippen LogP contribution in [-0.2, 0) is 12.8 Å². The van der Waals surface area contributed by atoms with E-state index in [9.17, 15) is 0 Å². The molecule has 20 heavy (non-hydrogen) atoms. The first-order valence-corrected chi connectivity index (χ1v) is 8.72. The monoisotopic (exact) mass is 286 g/mol. The van der Waals surface area contributed by atoms with Crippen LogP contribution in [0.5, 0.6) is 0 Å². The number of nitrogens with zero attached hydrogens (tertiary/aromatic N) is 1. The van der Waals surface area contributed by atoms with Crippen LogP contribution in [0.25, 0.3) is 10.2 Å². The van der Waals surface area contributed by atoms with Crippen LogP contribution in [0.3, 0.4) is 0 Å². The number of anilines is 1. The standard InChI is InChI=1S/C17H22N2S/c1-9-5-4-8-12-13(9)14-15(18)11-7-3-6-10(2)16(11)19-17(14)20-12/h9-10H,3-8H2,1-2H3,(H2,18,19). The molecule has 2 aromatic rings.